The summed E-state index contributed by atoms with van der Waals surface area (Å²) < 4.78 is 1.76. The van der Waals surface area contributed by atoms with Crippen LogP contribution in [0.2, 0.25) is 0 Å². The van der Waals surface area contributed by atoms with Gasteiger partial charge >= 0.3 is 0 Å². The van der Waals surface area contributed by atoms with Crippen molar-refractivity contribution in [2.24, 2.45) is 0 Å². The number of para-hydroxylation sites is 1. The van der Waals surface area contributed by atoms with E-state index in [1.807, 2.05) is 30.3 Å². The Morgan fingerprint density at radius 1 is 1.20 bits per heavy atom. The van der Waals surface area contributed by atoms with Gasteiger partial charge in [0.25, 0.3) is 0 Å². The first-order chi connectivity index (χ1) is 9.86. The van der Waals surface area contributed by atoms with E-state index in [1.165, 1.54) is 0 Å². The van der Waals surface area contributed by atoms with Crippen LogP contribution in [0, 0.1) is 0 Å². The monoisotopic (exact) mass is 272 g/mol. The Bertz CT molecular complexity index is 530. The lowest BCUT2D eigenvalue weighted by atomic mass is 10.1. The molecule has 1 N–H and O–H groups in total. The number of likely N-dealkylation sites (tertiary alicyclic amines) is 1. The summed E-state index contributed by atoms with van der Waals surface area (Å²) in [6.45, 7) is 5.63. The lowest BCUT2D eigenvalue weighted by molar-refractivity contribution is 0.229. The number of hydrogen-bond donors (Lipinski definition) is 1. The minimum atomic E-state index is 0.450. The number of nitrogens with one attached hydrogen (secondary N) is 1. The lowest BCUT2D eigenvalue weighted by Gasteiger charge is -2.31. The highest BCUT2D eigenvalue weighted by Gasteiger charge is 2.20. The van der Waals surface area contributed by atoms with Crippen LogP contribution in [0.3, 0.4) is 0 Å². The van der Waals surface area contributed by atoms with Crippen LogP contribution < -0.4 is 5.32 Å². The fourth-order valence-electron chi connectivity index (χ4n) is 2.60. The molecule has 2 heterocycles. The Labute approximate surface area is 118 Å². The molecule has 0 spiro atoms. The zero-order valence-corrected chi connectivity index (χ0v) is 11.7. The predicted octanol–water partition coefficient (Wildman–Crippen LogP) is 1.56. The van der Waals surface area contributed by atoms with Crippen LogP contribution >= 0.6 is 0 Å². The van der Waals surface area contributed by atoms with Gasteiger partial charge in [0.2, 0.25) is 5.95 Å². The molecule has 106 valence electrons. The van der Waals surface area contributed by atoms with Gasteiger partial charge in [-0.25, -0.2) is 0 Å². The Balaban J connectivity index is 1.69. The van der Waals surface area contributed by atoms with Gasteiger partial charge in [-0.1, -0.05) is 30.2 Å². The molecule has 0 unspecified atom stereocenters. The van der Waals surface area contributed by atoms with E-state index in [4.69, 9.17) is 0 Å². The van der Waals surface area contributed by atoms with Gasteiger partial charge in [0.15, 0.2) is 0 Å². The zero-order chi connectivity index (χ0) is 13.8. The third kappa shape index (κ3) is 2.80. The van der Waals surface area contributed by atoms with E-state index in [1.54, 1.807) is 4.68 Å². The number of piperidine rings is 1. The van der Waals surface area contributed by atoms with Crippen LogP contribution in [0.4, 0.5) is 5.95 Å². The largest absolute Gasteiger partial charge is 0.350 e. The normalized spacial score (nSPS) is 17.2. The number of nitrogens with zero attached hydrogens (tertiary/aromatic N) is 5. The first-order valence-corrected chi connectivity index (χ1v) is 7.19. The first kappa shape index (κ1) is 13.1. The molecule has 0 atom stereocenters. The molecule has 6 nitrogen and oxygen atoms in total. The second-order valence-electron chi connectivity index (χ2n) is 5.10. The van der Waals surface area contributed by atoms with E-state index in [-0.39, 0.29) is 0 Å². The average Bonchev–Trinajstić information content (AvgIpc) is 2.97. The Hall–Kier alpha value is -1.95. The van der Waals surface area contributed by atoms with Gasteiger partial charge < -0.3 is 10.2 Å². The molecule has 1 saturated heterocycles. The van der Waals surface area contributed by atoms with E-state index in [0.717, 1.165) is 44.1 Å². The molecular formula is C14H20N6. The number of benzene rings is 1. The SMILES string of the molecule is CCN1CCC(Nc2nnnn2-c2ccccc2)CC1. The van der Waals surface area contributed by atoms with Gasteiger partial charge in [-0.05, 0) is 41.9 Å². The molecule has 0 amide bonds. The minimum absolute atomic E-state index is 0.450. The Morgan fingerprint density at radius 3 is 2.65 bits per heavy atom. The summed E-state index contributed by atoms with van der Waals surface area (Å²) in [7, 11) is 0. The topological polar surface area (TPSA) is 58.9 Å². The van der Waals surface area contributed by atoms with Gasteiger partial charge in [-0.2, -0.15) is 4.68 Å². The maximum atomic E-state index is 4.10. The summed E-state index contributed by atoms with van der Waals surface area (Å²) in [5.41, 5.74) is 0.978. The van der Waals surface area contributed by atoms with E-state index >= 15 is 0 Å². The summed E-state index contributed by atoms with van der Waals surface area (Å²) >= 11 is 0. The molecular weight excluding hydrogens is 252 g/mol. The van der Waals surface area contributed by atoms with Gasteiger partial charge in [0.05, 0.1) is 5.69 Å². The van der Waals surface area contributed by atoms with E-state index in [2.05, 4.69) is 32.7 Å². The molecule has 20 heavy (non-hydrogen) atoms. The Kier molecular flexibility index (Phi) is 3.92. The fourth-order valence-corrected chi connectivity index (χ4v) is 2.60. The van der Waals surface area contributed by atoms with Gasteiger partial charge in [0, 0.05) is 19.1 Å². The van der Waals surface area contributed by atoms with Crippen LogP contribution in [0.25, 0.3) is 5.69 Å². The molecule has 6 heteroatoms. The highest BCUT2D eigenvalue weighted by atomic mass is 15.6. The molecule has 0 radical (unpaired) electrons. The third-order valence-corrected chi connectivity index (χ3v) is 3.84. The van der Waals surface area contributed by atoms with Crippen molar-refractivity contribution in [1.29, 1.82) is 0 Å². The number of rotatable bonds is 4. The summed E-state index contributed by atoms with van der Waals surface area (Å²) in [4.78, 5) is 2.47. The molecule has 1 aromatic carbocycles. The highest BCUT2D eigenvalue weighted by Crippen LogP contribution is 2.16. The van der Waals surface area contributed by atoms with Crippen molar-refractivity contribution in [3.05, 3.63) is 30.3 Å². The van der Waals surface area contributed by atoms with E-state index in [0.29, 0.717) is 6.04 Å². The molecule has 2 aromatic rings. The number of aromatic nitrogens is 4. The van der Waals surface area contributed by atoms with Crippen molar-refractivity contribution in [3.63, 3.8) is 0 Å². The highest BCUT2D eigenvalue weighted by molar-refractivity contribution is 5.38. The molecule has 0 saturated carbocycles. The van der Waals surface area contributed by atoms with Crippen LogP contribution in [-0.2, 0) is 0 Å². The van der Waals surface area contributed by atoms with Crippen molar-refractivity contribution in [2.45, 2.75) is 25.8 Å². The molecule has 1 aliphatic rings. The van der Waals surface area contributed by atoms with E-state index < -0.39 is 0 Å². The van der Waals surface area contributed by atoms with Crippen molar-refractivity contribution in [1.82, 2.24) is 25.1 Å². The van der Waals surface area contributed by atoms with Crippen molar-refractivity contribution in [3.8, 4) is 5.69 Å². The lowest BCUT2D eigenvalue weighted by Crippen LogP contribution is -2.39. The molecule has 0 aliphatic carbocycles. The molecule has 1 aliphatic heterocycles. The predicted molar refractivity (Wildman–Crippen MR) is 77.9 cm³/mol. The van der Waals surface area contributed by atoms with Crippen LogP contribution in [0.15, 0.2) is 30.3 Å². The Morgan fingerprint density at radius 2 is 1.95 bits per heavy atom. The fraction of sp³-hybridized carbons (Fsp3) is 0.500. The van der Waals surface area contributed by atoms with Crippen molar-refractivity contribution in [2.75, 3.05) is 25.0 Å². The maximum Gasteiger partial charge on any atom is 0.247 e. The van der Waals surface area contributed by atoms with Crippen molar-refractivity contribution < 1.29 is 0 Å². The first-order valence-electron chi connectivity index (χ1n) is 7.19. The van der Waals surface area contributed by atoms with E-state index in [9.17, 15) is 0 Å². The zero-order valence-electron chi connectivity index (χ0n) is 11.7. The second-order valence-corrected chi connectivity index (χ2v) is 5.10. The number of anilines is 1. The number of tetrazole rings is 1. The standard InChI is InChI=1S/C14H20N6/c1-2-19-10-8-12(9-11-19)15-14-16-17-18-20(14)13-6-4-3-5-7-13/h3-7,12H,2,8-11H2,1H3,(H,15,16,18). The summed E-state index contributed by atoms with van der Waals surface area (Å²) in [5.74, 6) is 0.728. The van der Waals surface area contributed by atoms with Crippen molar-refractivity contribution >= 4 is 5.95 Å². The van der Waals surface area contributed by atoms with Crippen LogP contribution in [0.5, 0.6) is 0 Å². The smallest absolute Gasteiger partial charge is 0.247 e. The number of hydrogen-bond acceptors (Lipinski definition) is 5. The van der Waals surface area contributed by atoms with Crippen LogP contribution in [0.1, 0.15) is 19.8 Å². The maximum absolute atomic E-state index is 4.10. The molecule has 1 aromatic heterocycles. The van der Waals surface area contributed by atoms with Gasteiger partial charge in [-0.3, -0.25) is 0 Å². The minimum Gasteiger partial charge on any atom is -0.350 e. The third-order valence-electron chi connectivity index (χ3n) is 3.84. The summed E-state index contributed by atoms with van der Waals surface area (Å²) in [6, 6.07) is 10.4. The quantitative estimate of drug-likeness (QED) is 0.915. The average molecular weight is 272 g/mol. The van der Waals surface area contributed by atoms with Gasteiger partial charge in [-0.15, -0.1) is 0 Å². The summed E-state index contributed by atoms with van der Waals surface area (Å²) in [6.07, 6.45) is 2.27. The van der Waals surface area contributed by atoms with Crippen LogP contribution in [-0.4, -0.2) is 50.8 Å². The molecule has 0 bridgehead atoms. The molecule has 3 rings (SSSR count). The summed E-state index contributed by atoms with van der Waals surface area (Å²) in [5, 5.41) is 15.4. The van der Waals surface area contributed by atoms with Gasteiger partial charge in [0.1, 0.15) is 0 Å². The second kappa shape index (κ2) is 6.00. The molecule has 1 fully saturated rings.